The summed E-state index contributed by atoms with van der Waals surface area (Å²) in [7, 11) is 0. The first-order valence-electron chi connectivity index (χ1n) is 16.7. The highest BCUT2D eigenvalue weighted by Gasteiger charge is 2.21. The zero-order valence-corrected chi connectivity index (χ0v) is 27.9. The average Bonchev–Trinajstić information content (AvgIpc) is 2.90. The van der Waals surface area contributed by atoms with Crippen molar-refractivity contribution < 1.29 is 19.1 Å². The number of ketones is 2. The highest BCUT2D eigenvalue weighted by atomic mass is 16.5. The van der Waals surface area contributed by atoms with Gasteiger partial charge in [0.1, 0.15) is 11.6 Å². The van der Waals surface area contributed by atoms with Gasteiger partial charge in [0.05, 0.1) is 19.3 Å². The van der Waals surface area contributed by atoms with Crippen LogP contribution < -0.4 is 5.32 Å². The van der Waals surface area contributed by atoms with E-state index in [1.807, 2.05) is 27.7 Å². The van der Waals surface area contributed by atoms with Gasteiger partial charge in [-0.05, 0) is 44.6 Å². The molecule has 0 saturated carbocycles. The smallest absolute Gasteiger partial charge is 0.135 e. The lowest BCUT2D eigenvalue weighted by Gasteiger charge is -2.32. The summed E-state index contributed by atoms with van der Waals surface area (Å²) in [6.07, 6.45) is 13.8. The molecule has 0 aliphatic carbocycles. The van der Waals surface area contributed by atoms with Crippen molar-refractivity contribution in [1.82, 2.24) is 10.2 Å². The topological polar surface area (TPSA) is 67.9 Å². The molecule has 0 aromatic rings. The lowest BCUT2D eigenvalue weighted by Crippen LogP contribution is -2.44. The molecule has 1 fully saturated rings. The molecule has 1 aliphatic rings. The van der Waals surface area contributed by atoms with Crippen LogP contribution in [0.3, 0.4) is 0 Å². The van der Waals surface area contributed by atoms with Gasteiger partial charge < -0.3 is 14.8 Å². The highest BCUT2D eigenvalue weighted by molar-refractivity contribution is 5.80. The van der Waals surface area contributed by atoms with E-state index in [0.29, 0.717) is 24.0 Å². The highest BCUT2D eigenvalue weighted by Crippen LogP contribution is 2.13. The molecular formula is C34H68N2O4. The SMILES string of the molecule is CC(C)CCCOCCN1CCOC(CCC(=O)C(C)C)C1.CC(C)NCCCCCCCCCC(=O)C(C)C. The van der Waals surface area contributed by atoms with Gasteiger partial charge in [0.25, 0.3) is 0 Å². The molecule has 6 heteroatoms. The number of unbranched alkanes of at least 4 members (excludes halogenated alkanes) is 6. The average molecular weight is 569 g/mol. The predicted molar refractivity (Wildman–Crippen MR) is 170 cm³/mol. The number of rotatable bonds is 23. The van der Waals surface area contributed by atoms with Crippen LogP contribution in [0.5, 0.6) is 0 Å². The molecule has 1 unspecified atom stereocenters. The molecule has 0 bridgehead atoms. The Balaban J connectivity index is 0.000000778. The van der Waals surface area contributed by atoms with E-state index in [9.17, 15) is 9.59 Å². The Hall–Kier alpha value is -0.820. The summed E-state index contributed by atoms with van der Waals surface area (Å²) in [5.41, 5.74) is 0. The van der Waals surface area contributed by atoms with E-state index in [1.165, 1.54) is 44.9 Å². The molecular weight excluding hydrogens is 500 g/mol. The minimum atomic E-state index is 0.138. The third-order valence-electron chi connectivity index (χ3n) is 7.50. The summed E-state index contributed by atoms with van der Waals surface area (Å²) in [5.74, 6) is 1.89. The Labute approximate surface area is 249 Å². The fourth-order valence-electron chi connectivity index (χ4n) is 4.63. The second-order valence-corrected chi connectivity index (χ2v) is 13.1. The Bertz CT molecular complexity index is 607. The molecule has 0 spiro atoms. The molecule has 1 heterocycles. The summed E-state index contributed by atoms with van der Waals surface area (Å²) in [6, 6.07) is 0.614. The number of hydrogen-bond acceptors (Lipinski definition) is 6. The quantitative estimate of drug-likeness (QED) is 0.129. The number of nitrogens with one attached hydrogen (secondary N) is 1. The van der Waals surface area contributed by atoms with Crippen LogP contribution in [0.25, 0.3) is 0 Å². The van der Waals surface area contributed by atoms with Gasteiger partial charge in [-0.3, -0.25) is 14.5 Å². The number of ether oxygens (including phenoxy) is 2. The van der Waals surface area contributed by atoms with Gasteiger partial charge in [-0.15, -0.1) is 0 Å². The molecule has 1 aliphatic heterocycles. The van der Waals surface area contributed by atoms with Crippen LogP contribution in [0, 0.1) is 17.8 Å². The summed E-state index contributed by atoms with van der Waals surface area (Å²) in [4.78, 5) is 25.5. The van der Waals surface area contributed by atoms with Gasteiger partial charge in [-0.2, -0.15) is 0 Å². The molecule has 6 nitrogen and oxygen atoms in total. The first-order chi connectivity index (χ1) is 19.0. The van der Waals surface area contributed by atoms with Gasteiger partial charge in [-0.25, -0.2) is 0 Å². The van der Waals surface area contributed by atoms with Crippen LogP contribution in [0.1, 0.15) is 132 Å². The Morgan fingerprint density at radius 1 is 0.800 bits per heavy atom. The van der Waals surface area contributed by atoms with E-state index in [2.05, 4.69) is 37.9 Å². The third kappa shape index (κ3) is 24.9. The standard InChI is InChI=1S/C18H35NO3.C16H33NO/c1-15(2)6-5-11-21-12-9-19-10-13-22-17(14-19)7-8-18(20)16(3)4;1-14(2)16(18)12-10-8-6-5-7-9-11-13-17-15(3)4/h15-17H,5-14H2,1-4H3;14-15,17H,5-13H2,1-4H3. The fraction of sp³-hybridized carbons (Fsp3) is 0.941. The number of carbonyl (C=O) groups excluding carboxylic acids is 2. The third-order valence-corrected chi connectivity index (χ3v) is 7.50. The molecule has 0 radical (unpaired) electrons. The van der Waals surface area contributed by atoms with Crippen molar-refractivity contribution in [1.29, 1.82) is 0 Å². The lowest BCUT2D eigenvalue weighted by molar-refractivity contribution is -0.123. The largest absolute Gasteiger partial charge is 0.380 e. The van der Waals surface area contributed by atoms with Crippen molar-refractivity contribution in [3.05, 3.63) is 0 Å². The normalized spacial score (nSPS) is 16.1. The van der Waals surface area contributed by atoms with E-state index in [0.717, 1.165) is 77.6 Å². The zero-order chi connectivity index (χ0) is 30.2. The molecule has 0 aromatic heterocycles. The number of morpholine rings is 1. The molecule has 1 N–H and O–H groups in total. The van der Waals surface area contributed by atoms with Crippen molar-refractivity contribution in [3.63, 3.8) is 0 Å². The van der Waals surface area contributed by atoms with E-state index in [1.54, 1.807) is 0 Å². The first kappa shape index (κ1) is 39.2. The van der Waals surface area contributed by atoms with Gasteiger partial charge in [0.2, 0.25) is 0 Å². The van der Waals surface area contributed by atoms with Crippen LogP contribution in [0.2, 0.25) is 0 Å². The Morgan fingerprint density at radius 3 is 2.00 bits per heavy atom. The Kier molecular flexibility index (Phi) is 25.3. The summed E-state index contributed by atoms with van der Waals surface area (Å²) >= 11 is 0. The van der Waals surface area contributed by atoms with Gasteiger partial charge in [-0.1, -0.05) is 87.5 Å². The summed E-state index contributed by atoms with van der Waals surface area (Å²) in [6.45, 7) is 23.3. The molecule has 1 rings (SSSR count). The first-order valence-corrected chi connectivity index (χ1v) is 16.7. The van der Waals surface area contributed by atoms with Crippen molar-refractivity contribution in [2.75, 3.05) is 46.0 Å². The molecule has 40 heavy (non-hydrogen) atoms. The maximum atomic E-state index is 11.7. The number of carbonyl (C=O) groups is 2. The molecule has 0 aromatic carbocycles. The van der Waals surface area contributed by atoms with E-state index < -0.39 is 0 Å². The molecule has 1 atom stereocenters. The van der Waals surface area contributed by atoms with Crippen LogP contribution in [0.15, 0.2) is 0 Å². The second-order valence-electron chi connectivity index (χ2n) is 13.1. The van der Waals surface area contributed by atoms with Crippen LogP contribution in [-0.2, 0) is 19.1 Å². The molecule has 1 saturated heterocycles. The van der Waals surface area contributed by atoms with Crippen molar-refractivity contribution in [2.45, 2.75) is 145 Å². The summed E-state index contributed by atoms with van der Waals surface area (Å²) in [5, 5.41) is 3.44. The van der Waals surface area contributed by atoms with E-state index >= 15 is 0 Å². The van der Waals surface area contributed by atoms with Crippen LogP contribution in [0.4, 0.5) is 0 Å². The zero-order valence-electron chi connectivity index (χ0n) is 27.9. The summed E-state index contributed by atoms with van der Waals surface area (Å²) < 4.78 is 11.5. The molecule has 0 amide bonds. The van der Waals surface area contributed by atoms with E-state index in [4.69, 9.17) is 9.47 Å². The number of hydrogen-bond donors (Lipinski definition) is 1. The second kappa shape index (κ2) is 25.9. The lowest BCUT2D eigenvalue weighted by atomic mass is 10.0. The predicted octanol–water partition coefficient (Wildman–Crippen LogP) is 7.48. The van der Waals surface area contributed by atoms with Crippen molar-refractivity contribution >= 4 is 11.6 Å². The van der Waals surface area contributed by atoms with Gasteiger partial charge in [0.15, 0.2) is 0 Å². The van der Waals surface area contributed by atoms with Crippen LogP contribution >= 0.6 is 0 Å². The molecule has 238 valence electrons. The fourth-order valence-corrected chi connectivity index (χ4v) is 4.63. The maximum absolute atomic E-state index is 11.7. The van der Waals surface area contributed by atoms with Gasteiger partial charge in [0, 0.05) is 57.0 Å². The van der Waals surface area contributed by atoms with Crippen molar-refractivity contribution in [2.24, 2.45) is 17.8 Å². The Morgan fingerprint density at radius 2 is 1.40 bits per heavy atom. The maximum Gasteiger partial charge on any atom is 0.135 e. The van der Waals surface area contributed by atoms with E-state index in [-0.39, 0.29) is 17.9 Å². The minimum absolute atomic E-state index is 0.138. The van der Waals surface area contributed by atoms with Gasteiger partial charge >= 0.3 is 0 Å². The number of nitrogens with zero attached hydrogens (tertiary/aromatic N) is 1. The number of Topliss-reactive ketones (excluding diaryl/α,β-unsaturated/α-hetero) is 2. The van der Waals surface area contributed by atoms with Crippen LogP contribution in [-0.4, -0.2) is 74.6 Å². The van der Waals surface area contributed by atoms with Crippen molar-refractivity contribution in [3.8, 4) is 0 Å². The monoisotopic (exact) mass is 569 g/mol. The minimum Gasteiger partial charge on any atom is -0.380 e.